The molecule has 0 bridgehead atoms. The minimum absolute atomic E-state index is 0.0199. The molecule has 1 amide bonds. The Kier molecular flexibility index (Phi) is 10.5. The van der Waals surface area contributed by atoms with E-state index in [-0.39, 0.29) is 39.1 Å². The summed E-state index contributed by atoms with van der Waals surface area (Å²) in [5.41, 5.74) is 2.93. The fourth-order valence-electron chi connectivity index (χ4n) is 6.50. The van der Waals surface area contributed by atoms with Crippen LogP contribution in [0, 0.1) is 30.6 Å². The number of anilines is 1. The number of aldehydes is 1. The van der Waals surface area contributed by atoms with Gasteiger partial charge in [0.25, 0.3) is 5.56 Å². The number of halogens is 5. The fourth-order valence-corrected chi connectivity index (χ4v) is 8.27. The number of nitrogens with zero attached hydrogens (tertiary/aromatic N) is 3. The summed E-state index contributed by atoms with van der Waals surface area (Å²) in [7, 11) is 3.73. The smallest absolute Gasteiger partial charge is 0.362 e. The van der Waals surface area contributed by atoms with Gasteiger partial charge in [-0.05, 0) is 98.6 Å². The van der Waals surface area contributed by atoms with Crippen molar-refractivity contribution >= 4 is 64.4 Å². The second-order valence-electron chi connectivity index (χ2n) is 12.3. The topological polar surface area (TPSA) is 106 Å². The summed E-state index contributed by atoms with van der Waals surface area (Å²) in [4.78, 5) is 42.4. The van der Waals surface area contributed by atoms with Gasteiger partial charge in [0.1, 0.15) is 11.4 Å². The maximum Gasteiger partial charge on any atom is 0.362 e. The number of carbonyl (C=O) groups excluding carboxylic acids is 2. The van der Waals surface area contributed by atoms with Gasteiger partial charge in [-0.3, -0.25) is 19.3 Å². The monoisotopic (exact) mass is 736 g/mol. The molecule has 48 heavy (non-hydrogen) atoms. The Labute approximate surface area is 296 Å². The SMILES string of the molecule is COc1c(N2CCCC3(CC3)C2=O)cc2c(c1C)C(CC#N)N(C)C2.Cc1ccc(Cl)c(Sc2cc(C(F)(F)Cl)[nH]c(=O)c2C=O)c1Cl. The molecule has 1 unspecified atom stereocenters. The highest BCUT2D eigenvalue weighted by atomic mass is 35.5. The van der Waals surface area contributed by atoms with Crippen LogP contribution in [0.1, 0.15) is 76.5 Å². The summed E-state index contributed by atoms with van der Waals surface area (Å²) >= 11 is 18.0. The fraction of sp³-hybridized carbons (Fsp3) is 0.412. The lowest BCUT2D eigenvalue weighted by atomic mass is 9.91. The molecule has 8 nitrogen and oxygen atoms in total. The van der Waals surface area contributed by atoms with Gasteiger partial charge in [-0.15, -0.1) is 0 Å². The third-order valence-electron chi connectivity index (χ3n) is 9.20. The van der Waals surface area contributed by atoms with Crippen LogP contribution in [-0.2, 0) is 16.7 Å². The van der Waals surface area contributed by atoms with Gasteiger partial charge in [0.15, 0.2) is 6.29 Å². The average molecular weight is 738 g/mol. The van der Waals surface area contributed by atoms with E-state index in [0.29, 0.717) is 21.9 Å². The van der Waals surface area contributed by atoms with Gasteiger partial charge in [-0.1, -0.05) is 41.0 Å². The van der Waals surface area contributed by atoms with E-state index in [0.717, 1.165) is 73.6 Å². The number of amides is 1. The predicted octanol–water partition coefficient (Wildman–Crippen LogP) is 8.55. The van der Waals surface area contributed by atoms with E-state index in [4.69, 9.17) is 39.5 Å². The van der Waals surface area contributed by atoms with E-state index in [9.17, 15) is 28.4 Å². The van der Waals surface area contributed by atoms with Crippen molar-refractivity contribution in [1.82, 2.24) is 9.88 Å². The van der Waals surface area contributed by atoms with E-state index in [1.165, 1.54) is 11.1 Å². The molecule has 1 atom stereocenters. The van der Waals surface area contributed by atoms with Gasteiger partial charge >= 0.3 is 5.38 Å². The number of carbonyl (C=O) groups is 2. The Morgan fingerprint density at radius 3 is 2.52 bits per heavy atom. The zero-order chi connectivity index (χ0) is 35.1. The van der Waals surface area contributed by atoms with E-state index in [1.54, 1.807) is 26.2 Å². The minimum atomic E-state index is -3.78. The van der Waals surface area contributed by atoms with E-state index in [2.05, 4.69) is 31.0 Å². The highest BCUT2D eigenvalue weighted by Gasteiger charge is 2.53. The van der Waals surface area contributed by atoms with Crippen LogP contribution >= 0.6 is 46.6 Å². The Balaban J connectivity index is 0.000000189. The van der Waals surface area contributed by atoms with Crippen molar-refractivity contribution in [3.05, 3.63) is 78.2 Å². The molecule has 2 aliphatic heterocycles. The number of benzene rings is 2. The van der Waals surface area contributed by atoms with Crippen molar-refractivity contribution in [1.29, 1.82) is 5.26 Å². The lowest BCUT2D eigenvalue weighted by Crippen LogP contribution is -2.42. The number of pyridine rings is 1. The van der Waals surface area contributed by atoms with Crippen LogP contribution in [0.3, 0.4) is 0 Å². The van der Waals surface area contributed by atoms with Crippen molar-refractivity contribution in [2.45, 2.75) is 73.7 Å². The molecule has 6 rings (SSSR count). The molecule has 1 N–H and O–H groups in total. The molecule has 1 aromatic heterocycles. The molecule has 3 aliphatic rings. The summed E-state index contributed by atoms with van der Waals surface area (Å²) in [6, 6.07) is 8.74. The maximum absolute atomic E-state index is 13.3. The number of fused-ring (bicyclic) bond motifs is 1. The first-order chi connectivity index (χ1) is 22.7. The zero-order valence-corrected chi connectivity index (χ0v) is 29.8. The molecular weight excluding hydrogens is 705 g/mol. The number of nitrogens with one attached hydrogen (secondary N) is 1. The lowest BCUT2D eigenvalue weighted by Gasteiger charge is -2.34. The minimum Gasteiger partial charge on any atom is -0.494 e. The quantitative estimate of drug-likeness (QED) is 0.191. The summed E-state index contributed by atoms with van der Waals surface area (Å²) in [5.74, 6) is 1.07. The molecule has 2 fully saturated rings. The van der Waals surface area contributed by atoms with E-state index >= 15 is 0 Å². The number of aromatic nitrogens is 1. The van der Waals surface area contributed by atoms with Crippen molar-refractivity contribution < 1.29 is 23.1 Å². The standard InChI is InChI=1S/C20H25N3O2.C14H8Cl3F2NO2S/c1-13-17-14(12-22(2)15(17)5-9-21)11-16(18(13)25-3)23-10-4-6-20(7-8-20)19(23)24;1-6-2-3-8(15)12(11(6)16)23-9-4-10(14(17,18)19)20-13(22)7(9)5-21/h11,15H,4-8,10,12H2,1-3H3;2-5H,1H3,(H,20,22). The Morgan fingerprint density at radius 1 is 1.21 bits per heavy atom. The summed E-state index contributed by atoms with van der Waals surface area (Å²) in [5, 5.41) is 5.97. The lowest BCUT2D eigenvalue weighted by molar-refractivity contribution is -0.125. The van der Waals surface area contributed by atoms with Gasteiger partial charge in [0.05, 0.1) is 40.9 Å². The van der Waals surface area contributed by atoms with Crippen LogP contribution < -0.4 is 15.2 Å². The van der Waals surface area contributed by atoms with Crippen molar-refractivity contribution in [3.8, 4) is 11.8 Å². The third-order valence-corrected chi connectivity index (χ3v) is 11.6. The molecule has 254 valence electrons. The number of H-pyrrole nitrogens is 1. The number of aromatic amines is 1. The number of aryl methyl sites for hydroxylation is 1. The molecule has 1 aliphatic carbocycles. The second-order valence-corrected chi connectivity index (χ2v) is 14.6. The van der Waals surface area contributed by atoms with Crippen LogP contribution in [0.5, 0.6) is 5.75 Å². The number of nitriles is 1. The molecule has 1 saturated heterocycles. The third kappa shape index (κ3) is 6.83. The van der Waals surface area contributed by atoms with Gasteiger partial charge in [-0.25, -0.2) is 0 Å². The van der Waals surface area contributed by atoms with E-state index < -0.39 is 16.6 Å². The molecule has 14 heteroatoms. The maximum atomic E-state index is 13.3. The number of alkyl halides is 3. The van der Waals surface area contributed by atoms with Crippen molar-refractivity contribution in [3.63, 3.8) is 0 Å². The van der Waals surface area contributed by atoms with E-state index in [1.807, 2.05) is 9.88 Å². The largest absolute Gasteiger partial charge is 0.494 e. The average Bonchev–Trinajstić information content (AvgIpc) is 3.74. The molecule has 3 heterocycles. The first-order valence-corrected chi connectivity index (χ1v) is 17.1. The molecular formula is C34H33Cl3F2N4O4S. The normalized spacial score (nSPS) is 18.2. The van der Waals surface area contributed by atoms with Gasteiger partial charge in [-0.2, -0.15) is 14.0 Å². The number of piperidine rings is 1. The summed E-state index contributed by atoms with van der Waals surface area (Å²) in [6.07, 6.45) is 4.89. The van der Waals surface area contributed by atoms with Crippen LogP contribution in [0.4, 0.5) is 14.5 Å². The van der Waals surface area contributed by atoms with Crippen LogP contribution in [0.25, 0.3) is 0 Å². The van der Waals surface area contributed by atoms with Crippen LogP contribution in [0.2, 0.25) is 10.0 Å². The van der Waals surface area contributed by atoms with Crippen molar-refractivity contribution in [2.24, 2.45) is 5.41 Å². The number of methoxy groups -OCH3 is 1. The number of rotatable bonds is 7. The Morgan fingerprint density at radius 2 is 1.92 bits per heavy atom. The highest BCUT2D eigenvalue weighted by Crippen LogP contribution is 2.55. The first-order valence-electron chi connectivity index (χ1n) is 15.2. The number of hydrogen-bond donors (Lipinski definition) is 1. The Bertz CT molecular complexity index is 1890. The molecule has 1 saturated carbocycles. The highest BCUT2D eigenvalue weighted by molar-refractivity contribution is 7.99. The Hall–Kier alpha value is -3.14. The van der Waals surface area contributed by atoms with Gasteiger partial charge in [0.2, 0.25) is 5.91 Å². The van der Waals surface area contributed by atoms with Crippen molar-refractivity contribution in [2.75, 3.05) is 25.6 Å². The summed E-state index contributed by atoms with van der Waals surface area (Å²) < 4.78 is 32.3. The molecule has 3 aromatic rings. The molecule has 2 aromatic carbocycles. The zero-order valence-electron chi connectivity index (χ0n) is 26.7. The number of hydrogen-bond acceptors (Lipinski definition) is 7. The van der Waals surface area contributed by atoms with Crippen LogP contribution in [-0.4, -0.2) is 42.8 Å². The second kappa shape index (κ2) is 14.0. The molecule has 0 radical (unpaired) electrons. The molecule has 1 spiro atoms. The van der Waals surface area contributed by atoms with Gasteiger partial charge < -0.3 is 14.6 Å². The number of ether oxygens (including phenoxy) is 1. The first kappa shape index (κ1) is 36.1. The van der Waals surface area contributed by atoms with Gasteiger partial charge in [0, 0.05) is 34.3 Å². The summed E-state index contributed by atoms with van der Waals surface area (Å²) in [6.45, 7) is 5.38. The predicted molar refractivity (Wildman–Crippen MR) is 183 cm³/mol. The van der Waals surface area contributed by atoms with Crippen LogP contribution in [0.15, 0.2) is 38.9 Å².